The molecule has 1 aliphatic carbocycles. The van der Waals surface area contributed by atoms with Crippen molar-refractivity contribution in [2.75, 3.05) is 9.80 Å². The average Bonchev–Trinajstić information content (AvgIpc) is 3.80. The minimum atomic E-state index is 0.792. The molecule has 0 saturated heterocycles. The summed E-state index contributed by atoms with van der Waals surface area (Å²) in [5.74, 6) is 0.891. The molecule has 12 rings (SSSR count). The molecule has 2 aromatic heterocycles. The molecule has 278 valence electrons. The summed E-state index contributed by atoms with van der Waals surface area (Å²) in [6.07, 6.45) is 7.40. The number of hydrogen-bond acceptors (Lipinski definition) is 4. The normalized spacial score (nSPS) is 12.7. The molecule has 0 radical (unpaired) electrons. The maximum absolute atomic E-state index is 6.79. The van der Waals surface area contributed by atoms with Crippen LogP contribution in [-0.4, -0.2) is 0 Å². The van der Waals surface area contributed by atoms with Gasteiger partial charge in [0.05, 0.1) is 22.8 Å². The van der Waals surface area contributed by atoms with Gasteiger partial charge in [0.2, 0.25) is 0 Å². The third-order valence-corrected chi connectivity index (χ3v) is 11.9. The minimum absolute atomic E-state index is 0.792. The monoisotopic (exact) mass is 756 g/mol. The maximum atomic E-state index is 6.79. The third-order valence-electron chi connectivity index (χ3n) is 11.9. The van der Waals surface area contributed by atoms with Crippen LogP contribution < -0.4 is 9.80 Å². The number of allylic oxidation sites excluding steroid dienone is 3. The number of rotatable bonds is 6. The summed E-state index contributed by atoms with van der Waals surface area (Å²) in [6, 6.07) is 66.9. The lowest BCUT2D eigenvalue weighted by molar-refractivity contribution is 0.594. The van der Waals surface area contributed by atoms with Gasteiger partial charge in [0, 0.05) is 43.9 Å². The molecular weight excluding hydrogens is 721 g/mol. The third kappa shape index (κ3) is 5.23. The van der Waals surface area contributed by atoms with Gasteiger partial charge in [-0.25, -0.2) is 0 Å². The summed E-state index contributed by atoms with van der Waals surface area (Å²) < 4.78 is 13.5. The number of anilines is 5. The Bertz CT molecular complexity index is 3480. The first kappa shape index (κ1) is 33.3. The highest BCUT2D eigenvalue weighted by Gasteiger charge is 2.28. The molecule has 0 unspecified atom stereocenters. The van der Waals surface area contributed by atoms with Gasteiger partial charge in [-0.05, 0) is 88.6 Å². The predicted octanol–water partition coefficient (Wildman–Crippen LogP) is 15.6. The van der Waals surface area contributed by atoms with Gasteiger partial charge in [0.15, 0.2) is 11.3 Å². The Kier molecular flexibility index (Phi) is 7.57. The zero-order valence-electron chi connectivity index (χ0n) is 32.0. The van der Waals surface area contributed by atoms with Crippen LogP contribution in [0.25, 0.3) is 70.9 Å². The fourth-order valence-corrected chi connectivity index (χ4v) is 9.27. The molecule has 9 aromatic carbocycles. The van der Waals surface area contributed by atoms with Crippen molar-refractivity contribution < 1.29 is 8.83 Å². The highest BCUT2D eigenvalue weighted by atomic mass is 16.3. The average molecular weight is 757 g/mol. The van der Waals surface area contributed by atoms with Crippen molar-refractivity contribution in [2.45, 2.75) is 6.42 Å². The van der Waals surface area contributed by atoms with Gasteiger partial charge in [-0.1, -0.05) is 146 Å². The van der Waals surface area contributed by atoms with Crippen LogP contribution in [0.2, 0.25) is 0 Å². The Morgan fingerprint density at radius 3 is 1.54 bits per heavy atom. The van der Waals surface area contributed by atoms with E-state index in [2.05, 4.69) is 204 Å². The lowest BCUT2D eigenvalue weighted by atomic mass is 9.93. The largest absolute Gasteiger partial charge is 0.454 e. The number of furan rings is 2. The Morgan fingerprint density at radius 1 is 0.373 bits per heavy atom. The van der Waals surface area contributed by atoms with Crippen LogP contribution in [0.5, 0.6) is 0 Å². The summed E-state index contributed by atoms with van der Waals surface area (Å²) in [5, 5.41) is 10.3. The van der Waals surface area contributed by atoms with E-state index in [9.17, 15) is 0 Å². The van der Waals surface area contributed by atoms with E-state index in [1.54, 1.807) is 0 Å². The Morgan fingerprint density at radius 2 is 0.881 bits per heavy atom. The van der Waals surface area contributed by atoms with E-state index in [1.807, 2.05) is 12.1 Å². The number of nitrogens with zero attached hydrogens (tertiary/aromatic N) is 2. The van der Waals surface area contributed by atoms with Crippen LogP contribution in [0.4, 0.5) is 28.4 Å². The van der Waals surface area contributed by atoms with E-state index in [0.29, 0.717) is 0 Å². The molecule has 0 spiro atoms. The Balaban J connectivity index is 1.16. The highest BCUT2D eigenvalue weighted by Crippen LogP contribution is 2.50. The Hall–Kier alpha value is -7.82. The second-order valence-electron chi connectivity index (χ2n) is 15.2. The van der Waals surface area contributed by atoms with Gasteiger partial charge in [0.1, 0.15) is 11.2 Å². The minimum Gasteiger partial charge on any atom is -0.454 e. The summed E-state index contributed by atoms with van der Waals surface area (Å²) >= 11 is 0. The van der Waals surface area contributed by atoms with E-state index >= 15 is 0 Å². The molecule has 0 fully saturated rings. The molecule has 59 heavy (non-hydrogen) atoms. The maximum Gasteiger partial charge on any atom is 0.159 e. The van der Waals surface area contributed by atoms with Crippen molar-refractivity contribution >= 4 is 99.4 Å². The molecule has 0 atom stereocenters. The van der Waals surface area contributed by atoms with Crippen molar-refractivity contribution in [3.8, 4) is 0 Å². The van der Waals surface area contributed by atoms with E-state index in [0.717, 1.165) is 101 Å². The summed E-state index contributed by atoms with van der Waals surface area (Å²) in [5.41, 5.74) is 10.1. The van der Waals surface area contributed by atoms with Crippen LogP contribution in [-0.2, 0) is 6.42 Å². The number of para-hydroxylation sites is 5. The number of benzene rings is 9. The fraction of sp³-hybridized carbons (Fsp3) is 0.0182. The summed E-state index contributed by atoms with van der Waals surface area (Å²) in [7, 11) is 0. The predicted molar refractivity (Wildman–Crippen MR) is 247 cm³/mol. The van der Waals surface area contributed by atoms with E-state index < -0.39 is 0 Å². The van der Waals surface area contributed by atoms with Gasteiger partial charge >= 0.3 is 0 Å². The van der Waals surface area contributed by atoms with Crippen LogP contribution >= 0.6 is 0 Å². The molecule has 1 aliphatic rings. The molecule has 0 aliphatic heterocycles. The van der Waals surface area contributed by atoms with E-state index in [4.69, 9.17) is 8.83 Å². The molecule has 0 N–H and O–H groups in total. The highest BCUT2D eigenvalue weighted by molar-refractivity contribution is 6.25. The second kappa shape index (κ2) is 13.4. The van der Waals surface area contributed by atoms with Crippen molar-refractivity contribution in [3.05, 3.63) is 218 Å². The molecule has 4 nitrogen and oxygen atoms in total. The molecule has 0 amide bonds. The smallest absolute Gasteiger partial charge is 0.159 e. The SMILES string of the molecule is C1=CCc2c(oc3ccccc23)C(N(c2ccccc2)c2cc3c4ccccc4c(N(c4ccccc4)c4cccc5c4oc4ccccc45)cc3c3ccccc23)=C1. The van der Waals surface area contributed by atoms with Crippen LogP contribution in [0.15, 0.2) is 215 Å². The van der Waals surface area contributed by atoms with Gasteiger partial charge in [-0.3, -0.25) is 0 Å². The van der Waals surface area contributed by atoms with Crippen molar-refractivity contribution in [1.82, 2.24) is 0 Å². The van der Waals surface area contributed by atoms with Crippen LogP contribution in [0, 0.1) is 0 Å². The van der Waals surface area contributed by atoms with Gasteiger partial charge in [-0.15, -0.1) is 0 Å². The molecular formula is C55H36N2O2. The first-order chi connectivity index (χ1) is 29.3. The quantitative estimate of drug-likeness (QED) is 0.158. The first-order valence-electron chi connectivity index (χ1n) is 20.2. The van der Waals surface area contributed by atoms with Gasteiger partial charge in [0.25, 0.3) is 0 Å². The van der Waals surface area contributed by atoms with Crippen molar-refractivity contribution in [2.24, 2.45) is 0 Å². The molecule has 0 bridgehead atoms. The fourth-order valence-electron chi connectivity index (χ4n) is 9.27. The van der Waals surface area contributed by atoms with Gasteiger partial charge < -0.3 is 18.6 Å². The standard InChI is InChI=1S/C55H36N2O2/c1-3-18-36(19-4-1)56(48-30-14-11-28-44-42-26-12-15-32-52(42)58-54(44)48)50-34-46-39-23-8-10-25-41(39)51(35-47(46)38-22-7-9-24-40(38)50)57(37-20-5-2-6-21-37)49-31-17-29-45-43-27-13-16-33-53(43)59-55(45)49/h1-27,29-35H,28H2. The summed E-state index contributed by atoms with van der Waals surface area (Å²) in [6.45, 7) is 0. The van der Waals surface area contributed by atoms with Gasteiger partial charge in [-0.2, -0.15) is 0 Å². The lowest BCUT2D eigenvalue weighted by Crippen LogP contribution is -2.16. The number of hydrogen-bond donors (Lipinski definition) is 0. The second-order valence-corrected chi connectivity index (χ2v) is 15.2. The number of fused-ring (bicyclic) bond motifs is 11. The molecule has 2 heterocycles. The summed E-state index contributed by atoms with van der Waals surface area (Å²) in [4.78, 5) is 4.76. The Labute approximate surface area is 340 Å². The zero-order chi connectivity index (χ0) is 38.9. The molecule has 11 aromatic rings. The topological polar surface area (TPSA) is 32.8 Å². The van der Waals surface area contributed by atoms with Crippen molar-refractivity contribution in [1.29, 1.82) is 0 Å². The van der Waals surface area contributed by atoms with Crippen molar-refractivity contribution in [3.63, 3.8) is 0 Å². The first-order valence-corrected chi connectivity index (χ1v) is 20.2. The van der Waals surface area contributed by atoms with Crippen LogP contribution in [0.1, 0.15) is 11.3 Å². The van der Waals surface area contributed by atoms with E-state index in [-0.39, 0.29) is 0 Å². The van der Waals surface area contributed by atoms with E-state index in [1.165, 1.54) is 16.3 Å². The zero-order valence-corrected chi connectivity index (χ0v) is 32.0. The molecule has 4 heteroatoms. The molecule has 0 saturated carbocycles. The van der Waals surface area contributed by atoms with Crippen LogP contribution in [0.3, 0.4) is 0 Å². The lowest BCUT2D eigenvalue weighted by Gasteiger charge is -2.30.